The molecule has 0 saturated carbocycles. The summed E-state index contributed by atoms with van der Waals surface area (Å²) in [5, 5.41) is 7.70. The number of benzene rings is 2. The minimum Gasteiger partial charge on any atom is -0.497 e. The van der Waals surface area contributed by atoms with Gasteiger partial charge < -0.3 is 14.3 Å². The van der Waals surface area contributed by atoms with Crippen LogP contribution in [-0.4, -0.2) is 31.3 Å². The fourth-order valence-corrected chi connectivity index (χ4v) is 1.72. The Morgan fingerprint density at radius 3 is 2.80 bits per heavy atom. The van der Waals surface area contributed by atoms with Crippen LogP contribution in [0.1, 0.15) is 49.0 Å². The number of ether oxygens (including phenoxy) is 2. The van der Waals surface area contributed by atoms with E-state index in [-0.39, 0.29) is 19.4 Å². The lowest BCUT2D eigenvalue weighted by Gasteiger charge is -2.13. The van der Waals surface area contributed by atoms with Crippen LogP contribution in [0, 0.1) is 10.1 Å². The largest absolute Gasteiger partial charge is 0.497 e. The van der Waals surface area contributed by atoms with Gasteiger partial charge in [0, 0.05) is 5.48 Å². The van der Waals surface area contributed by atoms with Crippen LogP contribution in [0.5, 0.6) is 5.75 Å². The number of fused-ring (bicyclic) bond motifs is 1. The molecule has 2 rings (SSSR count). The van der Waals surface area contributed by atoms with Crippen molar-refractivity contribution in [2.75, 3.05) is 20.3 Å². The van der Waals surface area contributed by atoms with Gasteiger partial charge in [-0.25, -0.2) is 0 Å². The lowest BCUT2D eigenvalue weighted by molar-refractivity contribution is -0.757. The maximum Gasteiger partial charge on any atom is 0.313 e. The Morgan fingerprint density at radius 2 is 2.04 bits per heavy atom. The molecule has 0 aliphatic heterocycles. The van der Waals surface area contributed by atoms with Crippen molar-refractivity contribution >= 4 is 16.7 Å². The fourth-order valence-electron chi connectivity index (χ4n) is 1.72. The van der Waals surface area contributed by atoms with Crippen LogP contribution < -0.4 is 4.74 Å². The number of nitrogens with zero attached hydrogens (tertiary/aromatic N) is 1. The molecule has 0 radical (unpaired) electrons. The monoisotopic (exact) mass is 360 g/mol. The molecule has 0 bridgehead atoms. The molecule has 2 aromatic carbocycles. The molecule has 134 valence electrons. The molecular formula is C18H21NO6. The Labute approximate surface area is 163 Å². The smallest absolute Gasteiger partial charge is 0.313 e. The Balaban J connectivity index is 2.71. The van der Waals surface area contributed by atoms with Crippen molar-refractivity contribution in [3.8, 4) is 5.75 Å². The normalized spacial score (nSPS) is 21.5. The molecule has 0 heterocycles. The van der Waals surface area contributed by atoms with Crippen LogP contribution in [0.25, 0.3) is 10.8 Å². The van der Waals surface area contributed by atoms with Crippen molar-refractivity contribution in [3.05, 3.63) is 51.9 Å². The Hall–Kier alpha value is -2.83. The van der Waals surface area contributed by atoms with E-state index in [1.54, 1.807) is 0 Å². The van der Waals surface area contributed by atoms with Gasteiger partial charge in [0.1, 0.15) is 5.75 Å². The number of methoxy groups -OCH3 is 1. The lowest BCUT2D eigenvalue weighted by atomic mass is 9.98. The van der Waals surface area contributed by atoms with Crippen molar-refractivity contribution in [1.82, 2.24) is 0 Å². The van der Waals surface area contributed by atoms with Gasteiger partial charge in [-0.05, 0) is 48.1 Å². The summed E-state index contributed by atoms with van der Waals surface area (Å²) in [7, 11) is -3.15. The third-order valence-electron chi connectivity index (χ3n) is 2.88. The fraction of sp³-hybridized carbons (Fsp3) is 0.389. The summed E-state index contributed by atoms with van der Waals surface area (Å²) in [6, 6.07) is -6.11. The van der Waals surface area contributed by atoms with Gasteiger partial charge in [-0.3, -0.25) is 4.79 Å². The zero-order valence-corrected chi connectivity index (χ0v) is 12.7. The van der Waals surface area contributed by atoms with E-state index in [0.29, 0.717) is 0 Å². The van der Waals surface area contributed by atoms with E-state index in [9.17, 15) is 14.9 Å². The molecule has 7 nitrogen and oxygen atoms in total. The lowest BCUT2D eigenvalue weighted by Crippen LogP contribution is -2.14. The number of hydrogen-bond acceptors (Lipinski definition) is 6. The summed E-state index contributed by atoms with van der Waals surface area (Å²) < 4.78 is 113. The molecule has 0 saturated heterocycles. The molecule has 0 unspecified atom stereocenters. The summed E-state index contributed by atoms with van der Waals surface area (Å²) >= 11 is 0. The highest BCUT2D eigenvalue weighted by molar-refractivity contribution is 5.86. The molecule has 0 N–H and O–H groups in total. The first kappa shape index (κ1) is 7.59. The maximum atomic E-state index is 12.9. The molecule has 0 aliphatic rings. The summed E-state index contributed by atoms with van der Waals surface area (Å²) in [6.45, 7) is -4.43. The third kappa shape index (κ3) is 5.34. The highest BCUT2D eigenvalue weighted by atomic mass is 16.9. The minimum atomic E-state index is -3.58. The predicted octanol–water partition coefficient (Wildman–Crippen LogP) is 3.48. The van der Waals surface area contributed by atoms with Crippen LogP contribution in [0.2, 0.25) is 0 Å². The first-order valence-electron chi connectivity index (χ1n) is 13.4. The zero-order valence-electron chi connectivity index (χ0n) is 25.7. The quantitative estimate of drug-likeness (QED) is 0.294. The molecule has 0 fully saturated rings. The zero-order chi connectivity index (χ0) is 29.4. The third-order valence-corrected chi connectivity index (χ3v) is 2.88. The van der Waals surface area contributed by atoms with E-state index < -0.39 is 95.8 Å². The molecule has 2 aromatic rings. The van der Waals surface area contributed by atoms with Crippen molar-refractivity contribution in [1.29, 1.82) is 0 Å². The topological polar surface area (TPSA) is 87.9 Å². The number of hydrogen-bond donors (Lipinski definition) is 0. The number of esters is 1. The van der Waals surface area contributed by atoms with Gasteiger partial charge in [0.25, 0.3) is 5.09 Å². The molecule has 0 amide bonds. The highest BCUT2D eigenvalue weighted by Crippen LogP contribution is 2.25. The van der Waals surface area contributed by atoms with E-state index in [1.165, 1.54) is 0 Å². The van der Waals surface area contributed by atoms with E-state index in [0.717, 1.165) is 0 Å². The van der Waals surface area contributed by atoms with E-state index in [1.807, 2.05) is 0 Å². The molecule has 0 aromatic heterocycles. The van der Waals surface area contributed by atoms with Crippen LogP contribution in [0.15, 0.2) is 36.3 Å². The van der Waals surface area contributed by atoms with Crippen molar-refractivity contribution < 1.29 is 42.0 Å². The van der Waals surface area contributed by atoms with Crippen molar-refractivity contribution in [3.63, 3.8) is 0 Å². The van der Waals surface area contributed by atoms with E-state index >= 15 is 0 Å². The molecule has 1 atom stereocenters. The maximum absolute atomic E-state index is 12.9. The van der Waals surface area contributed by atoms with E-state index in [2.05, 4.69) is 9.57 Å². The van der Waals surface area contributed by atoms with Gasteiger partial charge in [0.05, 0.1) is 38.5 Å². The average molecular weight is 360 g/mol. The molecule has 0 spiro atoms. The van der Waals surface area contributed by atoms with Crippen LogP contribution in [0.3, 0.4) is 0 Å². The minimum absolute atomic E-state index is 0.0225. The summed E-state index contributed by atoms with van der Waals surface area (Å²) in [4.78, 5) is 27.1. The first-order valence-corrected chi connectivity index (χ1v) is 6.94. The Kier molecular flexibility index (Phi) is 2.69. The van der Waals surface area contributed by atoms with Gasteiger partial charge in [-0.1, -0.05) is 24.2 Å². The summed E-state index contributed by atoms with van der Waals surface area (Å²) in [5.74, 6) is -6.14. The number of rotatable bonds is 9. The molecule has 0 aliphatic carbocycles. The second-order valence-corrected chi connectivity index (χ2v) is 4.58. The Morgan fingerprint density at radius 1 is 1.28 bits per heavy atom. The molecule has 7 heteroatoms. The highest BCUT2D eigenvalue weighted by Gasteiger charge is 2.17. The van der Waals surface area contributed by atoms with Gasteiger partial charge in [-0.2, -0.15) is 0 Å². The van der Waals surface area contributed by atoms with Gasteiger partial charge in [-0.15, -0.1) is 10.1 Å². The predicted molar refractivity (Wildman–Crippen MR) is 92.1 cm³/mol. The van der Waals surface area contributed by atoms with Crippen LogP contribution >= 0.6 is 0 Å². The number of unbranched alkanes of at least 4 members (excludes halogenated alkanes) is 1. The number of carbonyl (C=O) groups excluding carboxylic acids is 1. The second kappa shape index (κ2) is 8.86. The van der Waals surface area contributed by atoms with E-state index in [4.69, 9.17) is 22.6 Å². The first-order chi connectivity index (χ1) is 17.3. The summed E-state index contributed by atoms with van der Waals surface area (Å²) in [6.07, 6.45) is -0.0122. The molecular weight excluding hydrogens is 326 g/mol. The second-order valence-electron chi connectivity index (χ2n) is 4.58. The molecule has 25 heavy (non-hydrogen) atoms. The Bertz CT molecular complexity index is 1260. The standard InChI is InChI=1S/C18H21NO6/c1-13(18(20)24-9-3-4-10-25-19(21)22)14-5-6-16-12-17(23-2)8-7-15(16)11-14/h5-8,11-13H,3-4,9-10H2,1-2H3/t13-/m0/s1/i1D3,2D3,5D,6D,7D,8D,11D,12D,13D. The average Bonchev–Trinajstić information content (AvgIpc) is 2.77. The van der Waals surface area contributed by atoms with Crippen LogP contribution in [0.4, 0.5) is 0 Å². The van der Waals surface area contributed by atoms with Crippen molar-refractivity contribution in [2.24, 2.45) is 0 Å². The van der Waals surface area contributed by atoms with Crippen LogP contribution in [-0.2, 0) is 14.4 Å². The summed E-state index contributed by atoms with van der Waals surface area (Å²) in [5.41, 5.74) is -1.14. The number of carbonyl (C=O) groups is 1. The van der Waals surface area contributed by atoms with Gasteiger partial charge >= 0.3 is 5.97 Å². The van der Waals surface area contributed by atoms with Gasteiger partial charge in [0.15, 0.2) is 0 Å². The van der Waals surface area contributed by atoms with Gasteiger partial charge in [0.2, 0.25) is 0 Å². The van der Waals surface area contributed by atoms with Crippen molar-refractivity contribution in [2.45, 2.75) is 25.6 Å². The SMILES string of the molecule is [2H]c1c([C@@]([2H])(C(=O)OCCCCO[N+](=O)[O-])C([2H])([2H])[2H])c([2H])c2c([2H])c([2H])c(OC([2H])([2H])[2H])c([2H])c2c1[2H].